The first-order chi connectivity index (χ1) is 10.2. The van der Waals surface area contributed by atoms with Gasteiger partial charge in [-0.05, 0) is 36.2 Å². The molecule has 5 heteroatoms. The first-order valence-corrected chi connectivity index (χ1v) is 7.21. The fourth-order valence-corrected chi connectivity index (χ4v) is 2.31. The van der Waals surface area contributed by atoms with Crippen molar-refractivity contribution < 1.29 is 4.79 Å². The van der Waals surface area contributed by atoms with Gasteiger partial charge in [0.2, 0.25) is 0 Å². The van der Waals surface area contributed by atoms with Crippen LogP contribution in [-0.2, 0) is 13.0 Å². The molecule has 0 unspecified atom stereocenters. The highest BCUT2D eigenvalue weighted by atomic mass is 35.5. The summed E-state index contributed by atoms with van der Waals surface area (Å²) in [5.74, 6) is -0.172. The van der Waals surface area contributed by atoms with E-state index < -0.39 is 0 Å². The summed E-state index contributed by atoms with van der Waals surface area (Å²) < 4.78 is 0. The van der Waals surface area contributed by atoms with Crippen molar-refractivity contribution in [2.24, 2.45) is 0 Å². The third-order valence-corrected chi connectivity index (χ3v) is 3.51. The van der Waals surface area contributed by atoms with Crippen LogP contribution in [0.4, 0.5) is 5.69 Å². The molecule has 2 aromatic rings. The lowest BCUT2D eigenvalue weighted by Crippen LogP contribution is -2.24. The number of nitrogens with one attached hydrogen (secondary N) is 2. The molecule has 21 heavy (non-hydrogen) atoms. The molecule has 1 heterocycles. The molecule has 0 bridgehead atoms. The Morgan fingerprint density at radius 3 is 2.86 bits per heavy atom. The molecule has 2 rings (SSSR count). The standard InChI is InChI=1S/C16H18ClN3O/c1-3-11-5-4-8-19-15(11)10-20-16(21)13-9-12(17)6-7-14(13)18-2/h4-9,18H,3,10H2,1-2H3,(H,20,21). The Morgan fingerprint density at radius 1 is 1.33 bits per heavy atom. The Labute approximate surface area is 129 Å². The zero-order chi connectivity index (χ0) is 15.2. The Morgan fingerprint density at radius 2 is 2.14 bits per heavy atom. The summed E-state index contributed by atoms with van der Waals surface area (Å²) in [5.41, 5.74) is 3.30. The molecule has 0 spiro atoms. The SMILES string of the molecule is CCc1cccnc1CNC(=O)c1cc(Cl)ccc1NC. The van der Waals surface area contributed by atoms with E-state index in [9.17, 15) is 4.79 Å². The van der Waals surface area contributed by atoms with Crippen LogP contribution < -0.4 is 10.6 Å². The minimum Gasteiger partial charge on any atom is -0.387 e. The number of halogens is 1. The lowest BCUT2D eigenvalue weighted by molar-refractivity contribution is 0.0951. The molecule has 1 amide bonds. The third kappa shape index (κ3) is 3.73. The maximum atomic E-state index is 12.3. The minimum absolute atomic E-state index is 0.172. The van der Waals surface area contributed by atoms with E-state index in [1.165, 1.54) is 0 Å². The summed E-state index contributed by atoms with van der Waals surface area (Å²) in [5, 5.41) is 6.41. The number of carbonyl (C=O) groups excluding carboxylic acids is 1. The smallest absolute Gasteiger partial charge is 0.253 e. The van der Waals surface area contributed by atoms with Crippen LogP contribution >= 0.6 is 11.6 Å². The van der Waals surface area contributed by atoms with Gasteiger partial charge < -0.3 is 10.6 Å². The van der Waals surface area contributed by atoms with E-state index in [0.717, 1.165) is 23.4 Å². The van der Waals surface area contributed by atoms with E-state index in [1.54, 1.807) is 31.4 Å². The molecule has 0 aliphatic carbocycles. The van der Waals surface area contributed by atoms with Crippen molar-refractivity contribution in [3.05, 3.63) is 58.4 Å². The number of hydrogen-bond donors (Lipinski definition) is 2. The van der Waals surface area contributed by atoms with Crippen molar-refractivity contribution in [2.75, 3.05) is 12.4 Å². The van der Waals surface area contributed by atoms with Crippen LogP contribution in [0, 0.1) is 0 Å². The van der Waals surface area contributed by atoms with Gasteiger partial charge in [-0.2, -0.15) is 0 Å². The van der Waals surface area contributed by atoms with Crippen molar-refractivity contribution in [3.63, 3.8) is 0 Å². The molecule has 0 aliphatic heterocycles. The van der Waals surface area contributed by atoms with Gasteiger partial charge in [0.15, 0.2) is 0 Å². The van der Waals surface area contributed by atoms with Crippen molar-refractivity contribution in [1.82, 2.24) is 10.3 Å². The molecule has 0 radical (unpaired) electrons. The summed E-state index contributed by atoms with van der Waals surface area (Å²) in [6, 6.07) is 9.11. The maximum absolute atomic E-state index is 12.3. The largest absolute Gasteiger partial charge is 0.387 e. The van der Waals surface area contributed by atoms with Gasteiger partial charge in [0, 0.05) is 24.0 Å². The number of rotatable bonds is 5. The highest BCUT2D eigenvalue weighted by molar-refractivity contribution is 6.31. The minimum atomic E-state index is -0.172. The average molecular weight is 304 g/mol. The van der Waals surface area contributed by atoms with Crippen LogP contribution in [-0.4, -0.2) is 17.9 Å². The third-order valence-electron chi connectivity index (χ3n) is 3.28. The van der Waals surface area contributed by atoms with Crippen LogP contribution in [0.1, 0.15) is 28.5 Å². The number of pyridine rings is 1. The number of hydrogen-bond acceptors (Lipinski definition) is 3. The zero-order valence-electron chi connectivity index (χ0n) is 12.1. The van der Waals surface area contributed by atoms with Crippen LogP contribution in [0.15, 0.2) is 36.5 Å². The number of anilines is 1. The molecule has 2 N–H and O–H groups in total. The van der Waals surface area contributed by atoms with Gasteiger partial charge in [0.25, 0.3) is 5.91 Å². The van der Waals surface area contributed by atoms with Gasteiger partial charge in [-0.15, -0.1) is 0 Å². The molecule has 110 valence electrons. The molecule has 0 atom stereocenters. The van der Waals surface area contributed by atoms with E-state index in [1.807, 2.05) is 12.1 Å². The van der Waals surface area contributed by atoms with Crippen LogP contribution in [0.3, 0.4) is 0 Å². The van der Waals surface area contributed by atoms with Gasteiger partial charge in [0.05, 0.1) is 17.8 Å². The van der Waals surface area contributed by atoms with Gasteiger partial charge >= 0.3 is 0 Å². The molecule has 4 nitrogen and oxygen atoms in total. The fourth-order valence-electron chi connectivity index (χ4n) is 2.13. The normalized spacial score (nSPS) is 10.2. The van der Waals surface area contributed by atoms with Crippen molar-refractivity contribution >= 4 is 23.2 Å². The second-order valence-electron chi connectivity index (χ2n) is 4.59. The van der Waals surface area contributed by atoms with Gasteiger partial charge in [-0.25, -0.2) is 0 Å². The Bertz CT molecular complexity index is 643. The average Bonchev–Trinajstić information content (AvgIpc) is 2.52. The Hall–Kier alpha value is -2.07. The first kappa shape index (κ1) is 15.3. The topological polar surface area (TPSA) is 54.0 Å². The summed E-state index contributed by atoms with van der Waals surface area (Å²) >= 11 is 5.96. The predicted molar refractivity (Wildman–Crippen MR) is 85.8 cm³/mol. The highest BCUT2D eigenvalue weighted by Crippen LogP contribution is 2.20. The predicted octanol–water partition coefficient (Wildman–Crippen LogP) is 3.27. The number of aryl methyl sites for hydroxylation is 1. The molecule has 0 aliphatic rings. The second-order valence-corrected chi connectivity index (χ2v) is 5.02. The fraction of sp³-hybridized carbons (Fsp3) is 0.250. The van der Waals surface area contributed by atoms with Crippen LogP contribution in [0.2, 0.25) is 5.02 Å². The highest BCUT2D eigenvalue weighted by Gasteiger charge is 2.12. The summed E-state index contributed by atoms with van der Waals surface area (Å²) in [6.07, 6.45) is 2.62. The lowest BCUT2D eigenvalue weighted by Gasteiger charge is -2.11. The van der Waals surface area contributed by atoms with E-state index in [4.69, 9.17) is 11.6 Å². The van der Waals surface area contributed by atoms with E-state index in [-0.39, 0.29) is 5.91 Å². The van der Waals surface area contributed by atoms with Gasteiger partial charge in [0.1, 0.15) is 0 Å². The van der Waals surface area contributed by atoms with Crippen molar-refractivity contribution in [2.45, 2.75) is 19.9 Å². The molecule has 1 aromatic heterocycles. The summed E-state index contributed by atoms with van der Waals surface area (Å²) in [6.45, 7) is 2.47. The molecule has 0 fully saturated rings. The van der Waals surface area contributed by atoms with Crippen LogP contribution in [0.25, 0.3) is 0 Å². The molecular weight excluding hydrogens is 286 g/mol. The zero-order valence-corrected chi connectivity index (χ0v) is 12.9. The first-order valence-electron chi connectivity index (χ1n) is 6.84. The number of carbonyl (C=O) groups is 1. The van der Waals surface area contributed by atoms with E-state index >= 15 is 0 Å². The Kier molecular flexibility index (Phi) is 5.17. The van der Waals surface area contributed by atoms with Gasteiger partial charge in [-0.1, -0.05) is 24.6 Å². The van der Waals surface area contributed by atoms with E-state index in [2.05, 4.69) is 22.5 Å². The number of aromatic nitrogens is 1. The quantitative estimate of drug-likeness (QED) is 0.891. The number of nitrogens with zero attached hydrogens (tertiary/aromatic N) is 1. The molecule has 0 saturated carbocycles. The number of benzene rings is 1. The maximum Gasteiger partial charge on any atom is 0.253 e. The van der Waals surface area contributed by atoms with Gasteiger partial charge in [-0.3, -0.25) is 9.78 Å². The summed E-state index contributed by atoms with van der Waals surface area (Å²) in [7, 11) is 1.77. The van der Waals surface area contributed by atoms with E-state index in [0.29, 0.717) is 17.1 Å². The van der Waals surface area contributed by atoms with Crippen molar-refractivity contribution in [1.29, 1.82) is 0 Å². The monoisotopic (exact) mass is 303 g/mol. The second kappa shape index (κ2) is 7.09. The van der Waals surface area contributed by atoms with Crippen LogP contribution in [0.5, 0.6) is 0 Å². The Balaban J connectivity index is 2.13. The molecule has 0 saturated heterocycles. The lowest BCUT2D eigenvalue weighted by atomic mass is 10.1. The molecular formula is C16H18ClN3O. The molecule has 1 aromatic carbocycles. The summed E-state index contributed by atoms with van der Waals surface area (Å²) in [4.78, 5) is 16.6. The number of amides is 1. The van der Waals surface area contributed by atoms with Crippen molar-refractivity contribution in [3.8, 4) is 0 Å².